The molecular weight excluding hydrogens is 380 g/mol. The zero-order valence-corrected chi connectivity index (χ0v) is 16.3. The van der Waals surface area contributed by atoms with Gasteiger partial charge in [0.2, 0.25) is 0 Å². The summed E-state index contributed by atoms with van der Waals surface area (Å²) in [4.78, 5) is 19.3. The maximum Gasteiger partial charge on any atom is 0.262 e. The van der Waals surface area contributed by atoms with Crippen LogP contribution in [0.1, 0.15) is 5.56 Å². The van der Waals surface area contributed by atoms with Crippen LogP contribution in [0.2, 0.25) is 5.02 Å². The van der Waals surface area contributed by atoms with Crippen molar-refractivity contribution in [1.29, 1.82) is 0 Å². The Bertz CT molecular complexity index is 1130. The van der Waals surface area contributed by atoms with Crippen molar-refractivity contribution in [3.8, 4) is 16.2 Å². The molecule has 2 aromatic carbocycles. The van der Waals surface area contributed by atoms with E-state index < -0.39 is 0 Å². The molecule has 0 spiro atoms. The lowest BCUT2D eigenvalue weighted by atomic mass is 10.1. The number of thiophene rings is 1. The lowest BCUT2D eigenvalue weighted by Gasteiger charge is -2.08. The first-order valence-corrected chi connectivity index (χ1v) is 9.75. The van der Waals surface area contributed by atoms with E-state index in [2.05, 4.69) is 17.1 Å². The second-order valence-electron chi connectivity index (χ2n) is 6.15. The van der Waals surface area contributed by atoms with Gasteiger partial charge in [-0.15, -0.1) is 11.3 Å². The molecule has 4 rings (SSSR count). The van der Waals surface area contributed by atoms with Crippen molar-refractivity contribution in [2.45, 2.75) is 13.5 Å². The number of benzene rings is 2. The Morgan fingerprint density at radius 2 is 1.85 bits per heavy atom. The van der Waals surface area contributed by atoms with E-state index in [0.717, 1.165) is 26.6 Å². The predicted octanol–water partition coefficient (Wildman–Crippen LogP) is 5.17. The van der Waals surface area contributed by atoms with E-state index in [9.17, 15) is 4.79 Å². The highest BCUT2D eigenvalue weighted by molar-refractivity contribution is 7.22. The van der Waals surface area contributed by atoms with Crippen LogP contribution in [-0.2, 0) is 6.54 Å². The third kappa shape index (κ3) is 3.61. The van der Waals surface area contributed by atoms with E-state index in [1.165, 1.54) is 0 Å². The number of ether oxygens (including phenoxy) is 1. The molecular formula is C21H17ClN2O2S. The van der Waals surface area contributed by atoms with Crippen LogP contribution in [0.25, 0.3) is 20.7 Å². The minimum absolute atomic E-state index is 0.0318. The molecule has 0 atom stereocenters. The number of hydrogen-bond donors (Lipinski definition) is 0. The van der Waals surface area contributed by atoms with E-state index in [1.54, 1.807) is 34.4 Å². The van der Waals surface area contributed by atoms with E-state index in [1.807, 2.05) is 37.3 Å². The zero-order valence-electron chi connectivity index (χ0n) is 14.7. The fourth-order valence-electron chi connectivity index (χ4n) is 2.98. The number of rotatable bonds is 5. The van der Waals surface area contributed by atoms with Gasteiger partial charge >= 0.3 is 0 Å². The largest absolute Gasteiger partial charge is 0.492 e. The Kier molecular flexibility index (Phi) is 4.97. The molecule has 0 aliphatic rings. The molecule has 4 nitrogen and oxygen atoms in total. The van der Waals surface area contributed by atoms with Crippen LogP contribution in [-0.4, -0.2) is 16.2 Å². The Morgan fingerprint density at radius 1 is 1.11 bits per heavy atom. The van der Waals surface area contributed by atoms with Gasteiger partial charge in [0.1, 0.15) is 17.2 Å². The second kappa shape index (κ2) is 7.55. The predicted molar refractivity (Wildman–Crippen MR) is 111 cm³/mol. The van der Waals surface area contributed by atoms with Crippen molar-refractivity contribution < 1.29 is 4.74 Å². The highest BCUT2D eigenvalue weighted by Crippen LogP contribution is 2.35. The standard InChI is InChI=1S/C21H17ClN2O2S/c1-14-18-20(27-19(14)15-5-3-2-4-6-15)23-13-24(21(18)25)11-12-26-17-9-7-16(22)8-10-17/h2-10,13H,11-12H2,1H3. The first-order chi connectivity index (χ1) is 13.1. The average molecular weight is 397 g/mol. The van der Waals surface area contributed by atoms with Gasteiger partial charge < -0.3 is 4.74 Å². The van der Waals surface area contributed by atoms with Crippen molar-refractivity contribution >= 4 is 33.2 Å². The molecule has 0 saturated carbocycles. The van der Waals surface area contributed by atoms with Gasteiger partial charge in [-0.05, 0) is 42.3 Å². The normalized spacial score (nSPS) is 11.0. The molecule has 0 N–H and O–H groups in total. The lowest BCUT2D eigenvalue weighted by Crippen LogP contribution is -2.23. The van der Waals surface area contributed by atoms with E-state index in [0.29, 0.717) is 23.6 Å². The van der Waals surface area contributed by atoms with Crippen LogP contribution in [0, 0.1) is 6.92 Å². The van der Waals surface area contributed by atoms with Crippen molar-refractivity contribution in [2.24, 2.45) is 0 Å². The van der Waals surface area contributed by atoms with Gasteiger partial charge in [0, 0.05) is 9.90 Å². The molecule has 136 valence electrons. The smallest absolute Gasteiger partial charge is 0.262 e. The van der Waals surface area contributed by atoms with Crippen LogP contribution in [0.5, 0.6) is 5.75 Å². The summed E-state index contributed by atoms with van der Waals surface area (Å²) in [5.74, 6) is 0.722. The summed E-state index contributed by atoms with van der Waals surface area (Å²) in [5.41, 5.74) is 2.05. The highest BCUT2D eigenvalue weighted by Gasteiger charge is 2.15. The maximum absolute atomic E-state index is 12.9. The van der Waals surface area contributed by atoms with Crippen LogP contribution in [0.4, 0.5) is 0 Å². The lowest BCUT2D eigenvalue weighted by molar-refractivity contribution is 0.296. The van der Waals surface area contributed by atoms with E-state index in [4.69, 9.17) is 16.3 Å². The molecule has 0 aliphatic heterocycles. The summed E-state index contributed by atoms with van der Waals surface area (Å²) in [7, 11) is 0. The Labute approximate surface area is 165 Å². The molecule has 0 aliphatic carbocycles. The van der Waals surface area contributed by atoms with Crippen LogP contribution in [0.15, 0.2) is 65.7 Å². The van der Waals surface area contributed by atoms with Crippen LogP contribution in [0.3, 0.4) is 0 Å². The first kappa shape index (κ1) is 17.8. The number of hydrogen-bond acceptors (Lipinski definition) is 4. The first-order valence-electron chi connectivity index (χ1n) is 8.56. The van der Waals surface area contributed by atoms with Gasteiger partial charge in [0.15, 0.2) is 0 Å². The second-order valence-corrected chi connectivity index (χ2v) is 7.58. The summed E-state index contributed by atoms with van der Waals surface area (Å²) >= 11 is 7.42. The van der Waals surface area contributed by atoms with Crippen molar-refractivity contribution in [3.63, 3.8) is 0 Å². The average Bonchev–Trinajstić information content (AvgIpc) is 3.03. The monoisotopic (exact) mass is 396 g/mol. The molecule has 0 saturated heterocycles. The van der Waals surface area contributed by atoms with Crippen LogP contribution < -0.4 is 10.3 Å². The Balaban J connectivity index is 1.59. The molecule has 6 heteroatoms. The molecule has 0 radical (unpaired) electrons. The highest BCUT2D eigenvalue weighted by atomic mass is 35.5. The molecule has 27 heavy (non-hydrogen) atoms. The van der Waals surface area contributed by atoms with Gasteiger partial charge in [0.05, 0.1) is 18.3 Å². The third-order valence-electron chi connectivity index (χ3n) is 4.37. The molecule has 0 amide bonds. The number of aromatic nitrogens is 2. The summed E-state index contributed by atoms with van der Waals surface area (Å²) < 4.78 is 7.30. The van der Waals surface area contributed by atoms with Gasteiger partial charge in [-0.1, -0.05) is 41.9 Å². The summed E-state index contributed by atoms with van der Waals surface area (Å²) in [6.45, 7) is 2.79. The van der Waals surface area contributed by atoms with Crippen molar-refractivity contribution in [1.82, 2.24) is 9.55 Å². The van der Waals surface area contributed by atoms with Gasteiger partial charge in [-0.3, -0.25) is 9.36 Å². The fraction of sp³-hybridized carbons (Fsp3) is 0.143. The summed E-state index contributed by atoms with van der Waals surface area (Å²) in [6.07, 6.45) is 1.60. The van der Waals surface area contributed by atoms with E-state index in [-0.39, 0.29) is 5.56 Å². The number of halogens is 1. The minimum atomic E-state index is -0.0318. The van der Waals surface area contributed by atoms with Gasteiger partial charge in [-0.25, -0.2) is 4.98 Å². The minimum Gasteiger partial charge on any atom is -0.492 e. The third-order valence-corrected chi connectivity index (χ3v) is 5.87. The quantitative estimate of drug-likeness (QED) is 0.467. The fourth-order valence-corrected chi connectivity index (χ4v) is 4.25. The number of aryl methyl sites for hydroxylation is 1. The Hall–Kier alpha value is -2.63. The topological polar surface area (TPSA) is 44.1 Å². The number of nitrogens with zero attached hydrogens (tertiary/aromatic N) is 2. The molecule has 0 unspecified atom stereocenters. The molecule has 0 fully saturated rings. The molecule has 0 bridgehead atoms. The molecule has 2 aromatic heterocycles. The SMILES string of the molecule is Cc1c(-c2ccccc2)sc2ncn(CCOc3ccc(Cl)cc3)c(=O)c12. The maximum atomic E-state index is 12.9. The zero-order chi connectivity index (χ0) is 18.8. The van der Waals surface area contributed by atoms with Crippen molar-refractivity contribution in [3.05, 3.63) is 81.9 Å². The van der Waals surface area contributed by atoms with Gasteiger partial charge in [-0.2, -0.15) is 0 Å². The van der Waals surface area contributed by atoms with Crippen molar-refractivity contribution in [2.75, 3.05) is 6.61 Å². The van der Waals surface area contributed by atoms with Gasteiger partial charge in [0.25, 0.3) is 5.56 Å². The molecule has 4 aromatic rings. The number of fused-ring (bicyclic) bond motifs is 1. The summed E-state index contributed by atoms with van der Waals surface area (Å²) in [5, 5.41) is 1.35. The summed E-state index contributed by atoms with van der Waals surface area (Å²) in [6, 6.07) is 17.2. The van der Waals surface area contributed by atoms with E-state index >= 15 is 0 Å². The van der Waals surface area contributed by atoms with Crippen LogP contribution >= 0.6 is 22.9 Å². The molecule has 2 heterocycles. The Morgan fingerprint density at radius 3 is 2.59 bits per heavy atom.